The fourth-order valence-electron chi connectivity index (χ4n) is 7.97. The summed E-state index contributed by atoms with van der Waals surface area (Å²) < 4.78 is 25.1. The molecule has 3 rings (SSSR count). The van der Waals surface area contributed by atoms with E-state index in [1.165, 1.54) is 6.92 Å². The molecule has 11 heteroatoms. The fraction of sp³-hybridized carbons (Fsp3) is 0.810. The van der Waals surface area contributed by atoms with Gasteiger partial charge in [0.15, 0.2) is 11.6 Å². The number of ether oxygens (including phenoxy) is 4. The summed E-state index contributed by atoms with van der Waals surface area (Å²) >= 11 is 0. The highest BCUT2D eigenvalue weighted by Crippen LogP contribution is 2.39. The predicted octanol–water partition coefficient (Wildman–Crippen LogP) is 6.50. The molecule has 0 aromatic heterocycles. The molecule has 0 aromatic rings. The van der Waals surface area contributed by atoms with Gasteiger partial charge in [0.05, 0.1) is 42.9 Å². The Balaban J connectivity index is 1.88. The molecule has 3 aliphatic rings. The first-order valence-corrected chi connectivity index (χ1v) is 20.4. The highest BCUT2D eigenvalue weighted by Gasteiger charge is 2.43. The molecule has 3 fully saturated rings. The summed E-state index contributed by atoms with van der Waals surface area (Å²) in [5.74, 6) is -2.12. The van der Waals surface area contributed by atoms with E-state index in [0.717, 1.165) is 44.1 Å². The molecule has 0 radical (unpaired) electrons. The van der Waals surface area contributed by atoms with Crippen LogP contribution in [0.15, 0.2) is 23.8 Å². The molecule has 0 unspecified atom stereocenters. The summed E-state index contributed by atoms with van der Waals surface area (Å²) in [4.78, 5) is 51.5. The van der Waals surface area contributed by atoms with Gasteiger partial charge in [-0.3, -0.25) is 19.2 Å². The molecule has 3 saturated heterocycles. The van der Waals surface area contributed by atoms with Crippen LogP contribution < -0.4 is 10.6 Å². The SMILES string of the molecule is C/C=C/C(=O)C[C@@H]1CC[C@]2(O)C[C@H](C)[C@@H](CCCNC(=O)[C@H](C)[C@@H]3CNC(=O)C[C@@H](O1)[C@@H](C)CCCC[C@H](CC[C@@H](C)/C=C(\C)[C@H](C)OC(C)=O)O3)O2. The van der Waals surface area contributed by atoms with Crippen LogP contribution in [0, 0.1) is 23.7 Å². The summed E-state index contributed by atoms with van der Waals surface area (Å²) in [6.07, 6.45) is 11.4. The van der Waals surface area contributed by atoms with E-state index in [0.29, 0.717) is 38.6 Å². The highest BCUT2D eigenvalue weighted by molar-refractivity contribution is 5.89. The van der Waals surface area contributed by atoms with Gasteiger partial charge in [0, 0.05) is 39.3 Å². The van der Waals surface area contributed by atoms with Crippen molar-refractivity contribution in [1.82, 2.24) is 10.6 Å². The van der Waals surface area contributed by atoms with Crippen molar-refractivity contribution in [1.29, 1.82) is 0 Å². The average molecular weight is 747 g/mol. The molecule has 0 spiro atoms. The van der Waals surface area contributed by atoms with E-state index in [-0.39, 0.29) is 79.0 Å². The summed E-state index contributed by atoms with van der Waals surface area (Å²) in [6.45, 7) is 15.9. The topological polar surface area (TPSA) is 149 Å². The van der Waals surface area contributed by atoms with E-state index < -0.39 is 30.0 Å². The highest BCUT2D eigenvalue weighted by atomic mass is 16.6. The van der Waals surface area contributed by atoms with Crippen LogP contribution in [0.3, 0.4) is 0 Å². The Morgan fingerprint density at radius 3 is 2.38 bits per heavy atom. The van der Waals surface area contributed by atoms with Gasteiger partial charge in [0.25, 0.3) is 0 Å². The van der Waals surface area contributed by atoms with E-state index in [9.17, 15) is 24.3 Å². The monoisotopic (exact) mass is 747 g/mol. The number of nitrogens with one attached hydrogen (secondary N) is 2. The lowest BCUT2D eigenvalue weighted by Crippen LogP contribution is -2.46. The first-order chi connectivity index (χ1) is 25.1. The van der Waals surface area contributed by atoms with Crippen molar-refractivity contribution < 1.29 is 43.2 Å². The zero-order valence-electron chi connectivity index (χ0n) is 33.8. The van der Waals surface area contributed by atoms with Gasteiger partial charge < -0.3 is 34.7 Å². The maximum atomic E-state index is 13.6. The molecule has 4 bridgehead atoms. The van der Waals surface area contributed by atoms with Crippen LogP contribution in [0.1, 0.15) is 139 Å². The number of carbonyl (C=O) groups excluding carboxylic acids is 4. The van der Waals surface area contributed by atoms with Crippen LogP contribution in [0.25, 0.3) is 0 Å². The summed E-state index contributed by atoms with van der Waals surface area (Å²) in [7, 11) is 0. The van der Waals surface area contributed by atoms with Crippen LogP contribution in [-0.4, -0.2) is 84.2 Å². The lowest BCUT2D eigenvalue weighted by Gasteiger charge is -2.31. The van der Waals surface area contributed by atoms with Crippen LogP contribution in [0.4, 0.5) is 0 Å². The number of ketones is 1. The summed E-state index contributed by atoms with van der Waals surface area (Å²) in [5, 5.41) is 17.6. The molecule has 3 heterocycles. The lowest BCUT2D eigenvalue weighted by molar-refractivity contribution is -0.202. The zero-order chi connectivity index (χ0) is 39.1. The predicted molar refractivity (Wildman–Crippen MR) is 205 cm³/mol. The van der Waals surface area contributed by atoms with Crippen molar-refractivity contribution in [3.05, 3.63) is 23.8 Å². The molecule has 2 amide bonds. The number of allylic oxidation sites excluding steroid dienone is 3. The summed E-state index contributed by atoms with van der Waals surface area (Å²) in [5.41, 5.74) is 1.00. The Labute approximate surface area is 318 Å². The van der Waals surface area contributed by atoms with Gasteiger partial charge in [-0.05, 0) is 95.1 Å². The van der Waals surface area contributed by atoms with Crippen molar-refractivity contribution >= 4 is 23.6 Å². The van der Waals surface area contributed by atoms with Gasteiger partial charge in [-0.1, -0.05) is 52.7 Å². The molecule has 302 valence electrons. The number of aliphatic hydroxyl groups is 1. The molecule has 0 saturated carbocycles. The van der Waals surface area contributed by atoms with Gasteiger partial charge in [-0.15, -0.1) is 0 Å². The van der Waals surface area contributed by atoms with Gasteiger partial charge in [0.2, 0.25) is 11.8 Å². The van der Waals surface area contributed by atoms with E-state index in [4.69, 9.17) is 18.9 Å². The standard InChI is InChI=1S/C42H70N2O9/c1-9-13-34(46)23-36-19-20-42(49)25-30(5)37(53-42)16-12-21-43-41(48)31(6)39-26-44-40(47)24-38(52-36)28(3)14-10-11-15-35(51-39)18-17-27(2)22-29(4)32(7)50-33(8)45/h9,13,22,27-28,30-32,35-39,49H,10-12,14-21,23-26H2,1-8H3,(H,43,48)(H,44,47)/b13-9+,29-22+/t27-,28+,30+,31-,32+,35-,36+,37-,38-,39+,42-/m1/s1. The first kappa shape index (κ1) is 44.8. The van der Waals surface area contributed by atoms with Crippen molar-refractivity contribution in [2.45, 2.75) is 181 Å². The third kappa shape index (κ3) is 15.6. The van der Waals surface area contributed by atoms with Crippen LogP contribution in [0.2, 0.25) is 0 Å². The minimum absolute atomic E-state index is 0.0392. The number of carbonyl (C=O) groups is 4. The van der Waals surface area contributed by atoms with Crippen molar-refractivity contribution in [2.24, 2.45) is 23.7 Å². The Hall–Kier alpha value is -2.60. The first-order valence-electron chi connectivity index (χ1n) is 20.4. The third-order valence-electron chi connectivity index (χ3n) is 11.4. The van der Waals surface area contributed by atoms with E-state index >= 15 is 0 Å². The zero-order valence-corrected chi connectivity index (χ0v) is 33.8. The average Bonchev–Trinajstić information content (AvgIpc) is 3.38. The maximum absolute atomic E-state index is 13.6. The minimum Gasteiger partial charge on any atom is -0.458 e. The second-order valence-corrected chi connectivity index (χ2v) is 16.3. The second-order valence-electron chi connectivity index (χ2n) is 16.3. The van der Waals surface area contributed by atoms with Gasteiger partial charge in [-0.2, -0.15) is 0 Å². The Morgan fingerprint density at radius 2 is 1.66 bits per heavy atom. The fourth-order valence-corrected chi connectivity index (χ4v) is 7.97. The number of fused-ring (bicyclic) bond motifs is 7. The van der Waals surface area contributed by atoms with Crippen molar-refractivity contribution in [3.8, 4) is 0 Å². The summed E-state index contributed by atoms with van der Waals surface area (Å²) in [6, 6.07) is 0. The number of amides is 2. The van der Waals surface area contributed by atoms with Crippen LogP contribution >= 0.6 is 0 Å². The molecular weight excluding hydrogens is 676 g/mol. The molecule has 3 aliphatic heterocycles. The van der Waals surface area contributed by atoms with Gasteiger partial charge >= 0.3 is 5.97 Å². The van der Waals surface area contributed by atoms with Crippen LogP contribution in [-0.2, 0) is 38.1 Å². The second kappa shape index (κ2) is 22.1. The van der Waals surface area contributed by atoms with Crippen LogP contribution in [0.5, 0.6) is 0 Å². The number of esters is 1. The van der Waals surface area contributed by atoms with Crippen molar-refractivity contribution in [3.63, 3.8) is 0 Å². The quantitative estimate of drug-likeness (QED) is 0.137. The largest absolute Gasteiger partial charge is 0.458 e. The molecule has 3 N–H and O–H groups in total. The molecule has 0 aliphatic carbocycles. The molecule has 53 heavy (non-hydrogen) atoms. The van der Waals surface area contributed by atoms with E-state index in [2.05, 4.69) is 37.5 Å². The Bertz CT molecular complexity index is 1250. The molecule has 0 aromatic carbocycles. The van der Waals surface area contributed by atoms with Gasteiger partial charge in [0.1, 0.15) is 6.10 Å². The minimum atomic E-state index is -1.32. The number of rotatable bonds is 9. The molecule has 11 nitrogen and oxygen atoms in total. The number of hydrogen-bond donors (Lipinski definition) is 3. The normalized spacial score (nSPS) is 34.5. The van der Waals surface area contributed by atoms with E-state index in [1.54, 1.807) is 12.2 Å². The van der Waals surface area contributed by atoms with Crippen molar-refractivity contribution in [2.75, 3.05) is 13.1 Å². The maximum Gasteiger partial charge on any atom is 0.303 e. The third-order valence-corrected chi connectivity index (χ3v) is 11.4. The van der Waals surface area contributed by atoms with Gasteiger partial charge in [-0.25, -0.2) is 0 Å². The smallest absolute Gasteiger partial charge is 0.303 e. The number of hydrogen-bond acceptors (Lipinski definition) is 9. The molecular formula is C42H70N2O9. The lowest BCUT2D eigenvalue weighted by atomic mass is 9.92. The Kier molecular flexibility index (Phi) is 18.7. The van der Waals surface area contributed by atoms with E-state index in [1.807, 2.05) is 27.7 Å². The Morgan fingerprint density at radius 1 is 0.943 bits per heavy atom. The molecule has 11 atom stereocenters.